The summed E-state index contributed by atoms with van der Waals surface area (Å²) in [6, 6.07) is 0.652. The quantitative estimate of drug-likeness (QED) is 0.523. The van der Waals surface area contributed by atoms with Gasteiger partial charge in [0.05, 0.1) is 0 Å². The molecule has 0 saturated carbocycles. The van der Waals surface area contributed by atoms with E-state index in [1.165, 1.54) is 5.57 Å². The van der Waals surface area contributed by atoms with Crippen LogP contribution in [0, 0.1) is 0 Å². The van der Waals surface area contributed by atoms with Gasteiger partial charge in [0.2, 0.25) is 0 Å². The van der Waals surface area contributed by atoms with Crippen molar-refractivity contribution in [2.24, 2.45) is 0 Å². The Kier molecular flexibility index (Phi) is 2.10. The fraction of sp³-hybridized carbons (Fsp3) is 0.800. The maximum absolute atomic E-state index is 2.52. The standard InChI is InChI=1S/C10H19N/c1-8(2)11-7-9(3)6-10(11,4)5/h6,8H,7H2,1-5H3. The van der Waals surface area contributed by atoms with Gasteiger partial charge in [-0.3, -0.25) is 4.90 Å². The van der Waals surface area contributed by atoms with Crippen molar-refractivity contribution < 1.29 is 0 Å². The second-order valence-electron chi connectivity index (χ2n) is 4.37. The first-order valence-corrected chi connectivity index (χ1v) is 4.38. The Labute approximate surface area is 70.1 Å². The lowest BCUT2D eigenvalue weighted by molar-refractivity contribution is 0.154. The molecule has 0 aromatic rings. The Balaban J connectivity index is 2.76. The molecule has 1 aliphatic rings. The van der Waals surface area contributed by atoms with Gasteiger partial charge in [0.15, 0.2) is 0 Å². The molecule has 0 bridgehead atoms. The summed E-state index contributed by atoms with van der Waals surface area (Å²) in [5.41, 5.74) is 1.78. The Hall–Kier alpha value is -0.300. The third-order valence-electron chi connectivity index (χ3n) is 2.38. The van der Waals surface area contributed by atoms with Crippen LogP contribution < -0.4 is 0 Å². The van der Waals surface area contributed by atoms with E-state index in [-0.39, 0.29) is 5.54 Å². The Bertz CT molecular complexity index is 177. The molecule has 0 aliphatic carbocycles. The van der Waals surface area contributed by atoms with Crippen molar-refractivity contribution in [2.75, 3.05) is 6.54 Å². The minimum atomic E-state index is 0.276. The van der Waals surface area contributed by atoms with Crippen LogP contribution in [0.5, 0.6) is 0 Å². The minimum absolute atomic E-state index is 0.276. The summed E-state index contributed by atoms with van der Waals surface area (Å²) < 4.78 is 0. The van der Waals surface area contributed by atoms with Gasteiger partial charge in [0, 0.05) is 18.1 Å². The first-order valence-electron chi connectivity index (χ1n) is 4.38. The number of hydrogen-bond donors (Lipinski definition) is 0. The molecule has 1 heteroatoms. The lowest BCUT2D eigenvalue weighted by atomic mass is 10.0. The van der Waals surface area contributed by atoms with Gasteiger partial charge >= 0.3 is 0 Å². The number of rotatable bonds is 1. The van der Waals surface area contributed by atoms with Crippen LogP contribution in [-0.2, 0) is 0 Å². The van der Waals surface area contributed by atoms with Crippen LogP contribution in [0.15, 0.2) is 11.6 Å². The Morgan fingerprint density at radius 1 is 1.45 bits per heavy atom. The largest absolute Gasteiger partial charge is 0.288 e. The predicted molar refractivity (Wildman–Crippen MR) is 49.7 cm³/mol. The highest BCUT2D eigenvalue weighted by molar-refractivity contribution is 5.19. The average Bonchev–Trinajstić information content (AvgIpc) is 2.04. The second kappa shape index (κ2) is 2.63. The van der Waals surface area contributed by atoms with Crippen molar-refractivity contribution in [1.29, 1.82) is 0 Å². The van der Waals surface area contributed by atoms with Gasteiger partial charge in [-0.25, -0.2) is 0 Å². The number of hydrogen-bond acceptors (Lipinski definition) is 1. The van der Waals surface area contributed by atoms with E-state index >= 15 is 0 Å². The molecule has 0 aromatic carbocycles. The van der Waals surface area contributed by atoms with Crippen molar-refractivity contribution in [3.8, 4) is 0 Å². The van der Waals surface area contributed by atoms with Crippen LogP contribution in [0.2, 0.25) is 0 Å². The molecular formula is C10H19N. The lowest BCUT2D eigenvalue weighted by Gasteiger charge is -2.34. The summed E-state index contributed by atoms with van der Waals surface area (Å²) in [6.45, 7) is 12.4. The van der Waals surface area contributed by atoms with Crippen molar-refractivity contribution >= 4 is 0 Å². The first-order chi connectivity index (χ1) is 4.93. The molecule has 0 atom stereocenters. The van der Waals surface area contributed by atoms with E-state index in [4.69, 9.17) is 0 Å². The van der Waals surface area contributed by atoms with Crippen LogP contribution in [0.1, 0.15) is 34.6 Å². The smallest absolute Gasteiger partial charge is 0.0344 e. The van der Waals surface area contributed by atoms with E-state index in [1.807, 2.05) is 0 Å². The van der Waals surface area contributed by atoms with E-state index in [0.29, 0.717) is 6.04 Å². The van der Waals surface area contributed by atoms with E-state index in [9.17, 15) is 0 Å². The summed E-state index contributed by atoms with van der Waals surface area (Å²) >= 11 is 0. The summed E-state index contributed by atoms with van der Waals surface area (Å²) in [6.07, 6.45) is 2.37. The van der Waals surface area contributed by atoms with Crippen LogP contribution in [0.25, 0.3) is 0 Å². The molecule has 0 N–H and O–H groups in total. The van der Waals surface area contributed by atoms with Crippen LogP contribution in [-0.4, -0.2) is 23.0 Å². The molecule has 0 fully saturated rings. The Morgan fingerprint density at radius 3 is 2.18 bits per heavy atom. The highest BCUT2D eigenvalue weighted by Gasteiger charge is 2.31. The fourth-order valence-electron chi connectivity index (χ4n) is 2.05. The van der Waals surface area contributed by atoms with Gasteiger partial charge in [-0.15, -0.1) is 0 Å². The highest BCUT2D eigenvalue weighted by Crippen LogP contribution is 2.27. The van der Waals surface area contributed by atoms with Crippen molar-refractivity contribution in [3.05, 3.63) is 11.6 Å². The second-order valence-corrected chi connectivity index (χ2v) is 4.37. The molecule has 0 radical (unpaired) electrons. The molecule has 1 aliphatic heterocycles. The summed E-state index contributed by atoms with van der Waals surface area (Å²) in [7, 11) is 0. The summed E-state index contributed by atoms with van der Waals surface area (Å²) in [4.78, 5) is 2.52. The van der Waals surface area contributed by atoms with Gasteiger partial charge < -0.3 is 0 Å². The summed E-state index contributed by atoms with van der Waals surface area (Å²) in [5.74, 6) is 0. The van der Waals surface area contributed by atoms with Crippen LogP contribution in [0.3, 0.4) is 0 Å². The maximum Gasteiger partial charge on any atom is 0.0344 e. The molecule has 0 aromatic heterocycles. The zero-order valence-corrected chi connectivity index (χ0v) is 8.31. The SMILES string of the molecule is CC1=CC(C)(C)N(C(C)C)C1. The summed E-state index contributed by atoms with van der Waals surface area (Å²) in [5, 5.41) is 0. The third-order valence-corrected chi connectivity index (χ3v) is 2.38. The molecule has 11 heavy (non-hydrogen) atoms. The molecule has 1 nitrogen and oxygen atoms in total. The fourth-order valence-corrected chi connectivity index (χ4v) is 2.05. The molecule has 1 heterocycles. The molecule has 0 unspecified atom stereocenters. The van der Waals surface area contributed by atoms with Crippen LogP contribution >= 0.6 is 0 Å². The van der Waals surface area contributed by atoms with Gasteiger partial charge in [0.25, 0.3) is 0 Å². The van der Waals surface area contributed by atoms with Crippen molar-refractivity contribution in [3.63, 3.8) is 0 Å². The topological polar surface area (TPSA) is 3.24 Å². The first kappa shape index (κ1) is 8.79. The van der Waals surface area contributed by atoms with Gasteiger partial charge in [0.1, 0.15) is 0 Å². The van der Waals surface area contributed by atoms with E-state index in [2.05, 4.69) is 45.6 Å². The zero-order chi connectivity index (χ0) is 8.65. The van der Waals surface area contributed by atoms with Crippen molar-refractivity contribution in [1.82, 2.24) is 4.90 Å². The monoisotopic (exact) mass is 153 g/mol. The van der Waals surface area contributed by atoms with Gasteiger partial charge in [-0.05, 0) is 34.6 Å². The number of nitrogens with zero attached hydrogens (tertiary/aromatic N) is 1. The van der Waals surface area contributed by atoms with Gasteiger partial charge in [-0.1, -0.05) is 11.6 Å². The van der Waals surface area contributed by atoms with Gasteiger partial charge in [-0.2, -0.15) is 0 Å². The minimum Gasteiger partial charge on any atom is -0.288 e. The van der Waals surface area contributed by atoms with E-state index < -0.39 is 0 Å². The molecule has 64 valence electrons. The predicted octanol–water partition coefficient (Wildman–Crippen LogP) is 2.44. The average molecular weight is 153 g/mol. The van der Waals surface area contributed by atoms with E-state index in [1.54, 1.807) is 0 Å². The Morgan fingerprint density at radius 2 is 2.00 bits per heavy atom. The molecule has 0 spiro atoms. The molecule has 0 amide bonds. The normalized spacial score (nSPS) is 24.4. The molecular weight excluding hydrogens is 134 g/mol. The van der Waals surface area contributed by atoms with Crippen molar-refractivity contribution in [2.45, 2.75) is 46.2 Å². The highest BCUT2D eigenvalue weighted by atomic mass is 15.2. The molecule has 1 rings (SSSR count). The molecule has 0 saturated heterocycles. The maximum atomic E-state index is 2.52. The third kappa shape index (κ3) is 1.64. The lowest BCUT2D eigenvalue weighted by Crippen LogP contribution is -2.43. The van der Waals surface area contributed by atoms with E-state index in [0.717, 1.165) is 6.54 Å². The van der Waals surface area contributed by atoms with Crippen LogP contribution in [0.4, 0.5) is 0 Å². The zero-order valence-electron chi connectivity index (χ0n) is 8.31.